The van der Waals surface area contributed by atoms with E-state index in [0.717, 1.165) is 5.56 Å². The van der Waals surface area contributed by atoms with Crippen molar-refractivity contribution in [3.8, 4) is 0 Å². The highest BCUT2D eigenvalue weighted by Crippen LogP contribution is 2.14. The van der Waals surface area contributed by atoms with E-state index in [1.165, 1.54) is 4.90 Å². The van der Waals surface area contributed by atoms with Crippen LogP contribution >= 0.6 is 11.6 Å². The van der Waals surface area contributed by atoms with Gasteiger partial charge in [-0.25, -0.2) is 0 Å². The monoisotopic (exact) mass is 302 g/mol. The molecule has 0 saturated carbocycles. The van der Waals surface area contributed by atoms with E-state index in [4.69, 9.17) is 17.3 Å². The summed E-state index contributed by atoms with van der Waals surface area (Å²) in [6.07, 6.45) is 0. The van der Waals surface area contributed by atoms with Gasteiger partial charge in [-0.1, -0.05) is 48.0 Å². The summed E-state index contributed by atoms with van der Waals surface area (Å²) in [5.74, 6) is -0.832. The topological polar surface area (TPSA) is 63.4 Å². The van der Waals surface area contributed by atoms with Gasteiger partial charge in [-0.2, -0.15) is 0 Å². The first-order valence-electron chi connectivity index (χ1n) is 6.43. The number of amides is 2. The number of nitrogens with zero attached hydrogens (tertiary/aromatic N) is 1. The van der Waals surface area contributed by atoms with E-state index >= 15 is 0 Å². The predicted octanol–water partition coefficient (Wildman–Crippen LogP) is 2.47. The summed E-state index contributed by atoms with van der Waals surface area (Å²) >= 11 is 5.90. The van der Waals surface area contributed by atoms with E-state index in [9.17, 15) is 9.59 Å². The van der Waals surface area contributed by atoms with Gasteiger partial charge >= 0.3 is 0 Å². The van der Waals surface area contributed by atoms with Crippen LogP contribution in [0.4, 0.5) is 0 Å². The number of halogens is 1. The first-order chi connectivity index (χ1) is 10.1. The van der Waals surface area contributed by atoms with Crippen LogP contribution in [-0.2, 0) is 11.3 Å². The van der Waals surface area contributed by atoms with Gasteiger partial charge in [0.25, 0.3) is 5.91 Å². The van der Waals surface area contributed by atoms with Crippen LogP contribution in [0, 0.1) is 0 Å². The maximum Gasteiger partial charge on any atom is 0.254 e. The third-order valence-corrected chi connectivity index (χ3v) is 3.16. The second kappa shape index (κ2) is 6.90. The molecule has 0 aliphatic rings. The lowest BCUT2D eigenvalue weighted by Gasteiger charge is -2.21. The standard InChI is InChI=1S/C16H15ClN2O2/c17-14-8-4-7-13(9-14)16(21)19(11-15(18)20)10-12-5-2-1-3-6-12/h1-9H,10-11H2,(H2,18,20). The Bertz CT molecular complexity index is 644. The number of rotatable bonds is 5. The van der Waals surface area contributed by atoms with Crippen molar-refractivity contribution >= 4 is 23.4 Å². The fourth-order valence-corrected chi connectivity index (χ4v) is 2.19. The Labute approximate surface area is 128 Å². The van der Waals surface area contributed by atoms with Crippen LogP contribution in [0.3, 0.4) is 0 Å². The fraction of sp³-hybridized carbons (Fsp3) is 0.125. The van der Waals surface area contributed by atoms with Gasteiger partial charge in [0.1, 0.15) is 0 Å². The minimum atomic E-state index is -0.554. The molecule has 0 atom stereocenters. The highest BCUT2D eigenvalue weighted by atomic mass is 35.5. The number of carbonyl (C=O) groups excluding carboxylic acids is 2. The molecule has 108 valence electrons. The molecule has 0 aromatic heterocycles. The highest BCUT2D eigenvalue weighted by molar-refractivity contribution is 6.30. The van der Waals surface area contributed by atoms with Crippen molar-refractivity contribution in [2.75, 3.05) is 6.54 Å². The van der Waals surface area contributed by atoms with Gasteiger partial charge < -0.3 is 10.6 Å². The van der Waals surface area contributed by atoms with E-state index in [2.05, 4.69) is 0 Å². The summed E-state index contributed by atoms with van der Waals surface area (Å²) in [6, 6.07) is 16.0. The second-order valence-electron chi connectivity index (χ2n) is 4.62. The molecular formula is C16H15ClN2O2. The van der Waals surface area contributed by atoms with Crippen LogP contribution in [0.15, 0.2) is 54.6 Å². The summed E-state index contributed by atoms with van der Waals surface area (Å²) in [4.78, 5) is 25.1. The quantitative estimate of drug-likeness (QED) is 0.922. The molecule has 2 N–H and O–H groups in total. The summed E-state index contributed by atoms with van der Waals surface area (Å²) in [5, 5.41) is 0.472. The normalized spacial score (nSPS) is 10.1. The Balaban J connectivity index is 2.23. The van der Waals surface area contributed by atoms with Gasteiger partial charge in [0, 0.05) is 17.1 Å². The molecule has 0 heterocycles. The Kier molecular flexibility index (Phi) is 4.95. The van der Waals surface area contributed by atoms with E-state index in [0.29, 0.717) is 17.1 Å². The van der Waals surface area contributed by atoms with Gasteiger partial charge in [0.15, 0.2) is 0 Å². The van der Waals surface area contributed by atoms with Gasteiger partial charge in [0.2, 0.25) is 5.91 Å². The lowest BCUT2D eigenvalue weighted by molar-refractivity contribution is -0.118. The molecule has 0 bridgehead atoms. The van der Waals surface area contributed by atoms with Gasteiger partial charge in [-0.3, -0.25) is 9.59 Å². The molecule has 4 nitrogen and oxygen atoms in total. The molecule has 0 spiro atoms. The molecule has 0 unspecified atom stereocenters. The summed E-state index contributed by atoms with van der Waals surface area (Å²) in [6.45, 7) is 0.176. The predicted molar refractivity (Wildman–Crippen MR) is 81.8 cm³/mol. The smallest absolute Gasteiger partial charge is 0.254 e. The van der Waals surface area contributed by atoms with Gasteiger partial charge in [-0.05, 0) is 23.8 Å². The lowest BCUT2D eigenvalue weighted by Crippen LogP contribution is -2.38. The largest absolute Gasteiger partial charge is 0.368 e. The third-order valence-electron chi connectivity index (χ3n) is 2.92. The zero-order valence-corrected chi connectivity index (χ0v) is 12.1. The van der Waals surface area contributed by atoms with Crippen molar-refractivity contribution in [2.24, 2.45) is 5.73 Å². The first kappa shape index (κ1) is 15.1. The maximum absolute atomic E-state index is 12.5. The van der Waals surface area contributed by atoms with Crippen molar-refractivity contribution < 1.29 is 9.59 Å². The van der Waals surface area contributed by atoms with Crippen molar-refractivity contribution in [1.29, 1.82) is 0 Å². The van der Waals surface area contributed by atoms with Crippen molar-refractivity contribution in [3.63, 3.8) is 0 Å². The molecular weight excluding hydrogens is 288 g/mol. The van der Waals surface area contributed by atoms with Crippen LogP contribution in [-0.4, -0.2) is 23.3 Å². The third kappa shape index (κ3) is 4.33. The Morgan fingerprint density at radius 1 is 1.05 bits per heavy atom. The number of benzene rings is 2. The van der Waals surface area contributed by atoms with Gasteiger partial charge in [-0.15, -0.1) is 0 Å². The minimum Gasteiger partial charge on any atom is -0.368 e. The summed E-state index contributed by atoms with van der Waals surface area (Å²) < 4.78 is 0. The van der Waals surface area contributed by atoms with Crippen LogP contribution < -0.4 is 5.73 Å². The molecule has 0 fully saturated rings. The number of hydrogen-bond acceptors (Lipinski definition) is 2. The Hall–Kier alpha value is -2.33. The molecule has 21 heavy (non-hydrogen) atoms. The molecule has 5 heteroatoms. The summed E-state index contributed by atoms with van der Waals surface area (Å²) in [7, 11) is 0. The average Bonchev–Trinajstić information content (AvgIpc) is 2.46. The number of hydrogen-bond donors (Lipinski definition) is 1. The Morgan fingerprint density at radius 3 is 2.38 bits per heavy atom. The Morgan fingerprint density at radius 2 is 1.76 bits per heavy atom. The SMILES string of the molecule is NC(=O)CN(Cc1ccccc1)C(=O)c1cccc(Cl)c1. The zero-order valence-electron chi connectivity index (χ0n) is 11.3. The van der Waals surface area contributed by atoms with Crippen LogP contribution in [0.25, 0.3) is 0 Å². The number of nitrogens with two attached hydrogens (primary N) is 1. The van der Waals surface area contributed by atoms with Gasteiger partial charge in [0.05, 0.1) is 6.54 Å². The molecule has 0 aliphatic carbocycles. The van der Waals surface area contributed by atoms with E-state index in [1.807, 2.05) is 30.3 Å². The maximum atomic E-state index is 12.5. The number of primary amides is 1. The fourth-order valence-electron chi connectivity index (χ4n) is 2.00. The summed E-state index contributed by atoms with van der Waals surface area (Å²) in [5.41, 5.74) is 6.59. The molecule has 2 rings (SSSR count). The van der Waals surface area contributed by atoms with Crippen LogP contribution in [0.1, 0.15) is 15.9 Å². The molecule has 2 amide bonds. The molecule has 0 radical (unpaired) electrons. The molecule has 0 saturated heterocycles. The van der Waals surface area contributed by atoms with Crippen molar-refractivity contribution in [1.82, 2.24) is 4.90 Å². The number of carbonyl (C=O) groups is 2. The van der Waals surface area contributed by atoms with Crippen LogP contribution in [0.5, 0.6) is 0 Å². The van der Waals surface area contributed by atoms with E-state index in [1.54, 1.807) is 24.3 Å². The average molecular weight is 303 g/mol. The molecule has 0 aliphatic heterocycles. The van der Waals surface area contributed by atoms with E-state index < -0.39 is 5.91 Å². The second-order valence-corrected chi connectivity index (χ2v) is 5.06. The van der Waals surface area contributed by atoms with Crippen LogP contribution in [0.2, 0.25) is 5.02 Å². The molecule has 2 aromatic rings. The lowest BCUT2D eigenvalue weighted by atomic mass is 10.1. The van der Waals surface area contributed by atoms with Crippen molar-refractivity contribution in [3.05, 3.63) is 70.7 Å². The zero-order chi connectivity index (χ0) is 15.2. The highest BCUT2D eigenvalue weighted by Gasteiger charge is 2.18. The van der Waals surface area contributed by atoms with Crippen molar-refractivity contribution in [2.45, 2.75) is 6.54 Å². The minimum absolute atomic E-state index is 0.139. The van der Waals surface area contributed by atoms with E-state index in [-0.39, 0.29) is 12.5 Å². The molecule has 2 aromatic carbocycles. The first-order valence-corrected chi connectivity index (χ1v) is 6.81.